The number of aromatic nitrogens is 1. The van der Waals surface area contributed by atoms with Gasteiger partial charge in [0.25, 0.3) is 0 Å². The molecule has 0 spiro atoms. The monoisotopic (exact) mass is 385 g/mol. The van der Waals surface area contributed by atoms with E-state index in [4.69, 9.17) is 0 Å². The molecule has 0 amide bonds. The summed E-state index contributed by atoms with van der Waals surface area (Å²) in [7, 11) is 0. The van der Waals surface area contributed by atoms with Crippen LogP contribution in [0.4, 0.5) is 11.5 Å². The second kappa shape index (κ2) is 6.12. The van der Waals surface area contributed by atoms with Crippen LogP contribution >= 0.6 is 31.9 Å². The van der Waals surface area contributed by atoms with Crippen LogP contribution in [0, 0.1) is 10.1 Å². The topological polar surface area (TPSA) is 68.1 Å². The number of pyridine rings is 1. The normalized spacial score (nSPS) is 10.2. The maximum atomic E-state index is 10.9. The van der Waals surface area contributed by atoms with Crippen LogP contribution in [0.25, 0.3) is 0 Å². The molecule has 0 bridgehead atoms. The number of rotatable bonds is 4. The largest absolute Gasteiger partial charge is 0.360 e. The standard InChI is InChI=1S/C12H9Br2N3O2/c13-9-5-11(17(18)19)12(16-7-9)15-6-8-3-1-2-4-10(8)14/h1-5,7H,6H2,(H,15,16). The van der Waals surface area contributed by atoms with Crippen LogP contribution in [0.15, 0.2) is 45.5 Å². The Morgan fingerprint density at radius 3 is 2.74 bits per heavy atom. The highest BCUT2D eigenvalue weighted by molar-refractivity contribution is 9.10. The molecule has 0 saturated heterocycles. The van der Waals surface area contributed by atoms with Crippen molar-refractivity contribution in [1.29, 1.82) is 0 Å². The minimum absolute atomic E-state index is 0.0542. The van der Waals surface area contributed by atoms with E-state index in [-0.39, 0.29) is 11.5 Å². The molecule has 0 aliphatic rings. The molecule has 0 atom stereocenters. The average Bonchev–Trinajstić information content (AvgIpc) is 2.38. The summed E-state index contributed by atoms with van der Waals surface area (Å²) in [5.41, 5.74) is 0.947. The van der Waals surface area contributed by atoms with E-state index in [1.165, 1.54) is 12.3 Å². The summed E-state index contributed by atoms with van der Waals surface area (Å²) >= 11 is 6.60. The molecule has 1 N–H and O–H groups in total. The number of nitrogens with zero attached hydrogens (tertiary/aromatic N) is 2. The van der Waals surface area contributed by atoms with Crippen LogP contribution in [-0.4, -0.2) is 9.91 Å². The van der Waals surface area contributed by atoms with Gasteiger partial charge in [0.15, 0.2) is 0 Å². The highest BCUT2D eigenvalue weighted by atomic mass is 79.9. The molecule has 1 aromatic carbocycles. The third-order valence-corrected chi connectivity index (χ3v) is 3.64. The van der Waals surface area contributed by atoms with Gasteiger partial charge in [-0.1, -0.05) is 34.1 Å². The summed E-state index contributed by atoms with van der Waals surface area (Å²) in [6, 6.07) is 9.09. The van der Waals surface area contributed by atoms with Gasteiger partial charge in [0.2, 0.25) is 5.82 Å². The smallest absolute Gasteiger partial charge is 0.312 e. The lowest BCUT2D eigenvalue weighted by Gasteiger charge is -2.07. The number of hydrogen-bond acceptors (Lipinski definition) is 4. The van der Waals surface area contributed by atoms with E-state index in [2.05, 4.69) is 42.2 Å². The molecule has 98 valence electrons. The predicted octanol–water partition coefficient (Wildman–Crippen LogP) is 4.13. The molecule has 0 aliphatic carbocycles. The Kier molecular flexibility index (Phi) is 4.49. The van der Waals surface area contributed by atoms with E-state index in [0.29, 0.717) is 11.0 Å². The Morgan fingerprint density at radius 2 is 2.05 bits per heavy atom. The second-order valence-corrected chi connectivity index (χ2v) is 5.49. The van der Waals surface area contributed by atoms with Gasteiger partial charge in [-0.05, 0) is 27.6 Å². The van der Waals surface area contributed by atoms with Crippen LogP contribution in [0.5, 0.6) is 0 Å². The van der Waals surface area contributed by atoms with Crippen molar-refractivity contribution >= 4 is 43.4 Å². The fraction of sp³-hybridized carbons (Fsp3) is 0.0833. The van der Waals surface area contributed by atoms with Crippen LogP contribution in [0.1, 0.15) is 5.56 Å². The molecule has 1 heterocycles. The number of halogens is 2. The highest BCUT2D eigenvalue weighted by Crippen LogP contribution is 2.26. The predicted molar refractivity (Wildman–Crippen MR) is 80.1 cm³/mol. The quantitative estimate of drug-likeness (QED) is 0.633. The Hall–Kier alpha value is -1.47. The van der Waals surface area contributed by atoms with Gasteiger partial charge in [-0.15, -0.1) is 0 Å². The molecule has 2 aromatic rings. The minimum Gasteiger partial charge on any atom is -0.360 e. The van der Waals surface area contributed by atoms with E-state index in [9.17, 15) is 10.1 Å². The molecule has 0 unspecified atom stereocenters. The molecule has 0 radical (unpaired) electrons. The van der Waals surface area contributed by atoms with Crippen molar-refractivity contribution in [3.63, 3.8) is 0 Å². The van der Waals surface area contributed by atoms with Crippen LogP contribution < -0.4 is 5.32 Å². The molecule has 0 saturated carbocycles. The van der Waals surface area contributed by atoms with Gasteiger partial charge in [0.1, 0.15) is 0 Å². The molecular weight excluding hydrogens is 378 g/mol. The molecule has 0 aliphatic heterocycles. The Bertz CT molecular complexity index is 620. The third kappa shape index (κ3) is 3.51. The molecule has 0 fully saturated rings. The Balaban J connectivity index is 2.20. The van der Waals surface area contributed by atoms with Gasteiger partial charge >= 0.3 is 5.69 Å². The maximum absolute atomic E-state index is 10.9. The van der Waals surface area contributed by atoms with Gasteiger partial charge in [0, 0.05) is 27.8 Å². The fourth-order valence-electron chi connectivity index (χ4n) is 1.52. The zero-order valence-electron chi connectivity index (χ0n) is 9.64. The van der Waals surface area contributed by atoms with E-state index >= 15 is 0 Å². The molecular formula is C12H9Br2N3O2. The number of nitrogens with one attached hydrogen (secondary N) is 1. The minimum atomic E-state index is -0.458. The SMILES string of the molecule is O=[N+]([O-])c1cc(Br)cnc1NCc1ccccc1Br. The van der Waals surface area contributed by atoms with E-state index in [1.807, 2.05) is 24.3 Å². The lowest BCUT2D eigenvalue weighted by Crippen LogP contribution is -2.05. The van der Waals surface area contributed by atoms with E-state index in [1.54, 1.807) is 0 Å². The summed E-state index contributed by atoms with van der Waals surface area (Å²) in [4.78, 5) is 14.5. The van der Waals surface area contributed by atoms with Crippen molar-refractivity contribution in [3.8, 4) is 0 Å². The van der Waals surface area contributed by atoms with Gasteiger partial charge < -0.3 is 5.32 Å². The molecule has 7 heteroatoms. The Morgan fingerprint density at radius 1 is 1.32 bits per heavy atom. The summed E-state index contributed by atoms with van der Waals surface area (Å²) in [6.45, 7) is 0.455. The highest BCUT2D eigenvalue weighted by Gasteiger charge is 2.15. The Labute approximate surface area is 126 Å². The van der Waals surface area contributed by atoms with E-state index in [0.717, 1.165) is 10.0 Å². The second-order valence-electron chi connectivity index (χ2n) is 3.72. The van der Waals surface area contributed by atoms with Crippen LogP contribution in [-0.2, 0) is 6.54 Å². The summed E-state index contributed by atoms with van der Waals surface area (Å²) in [5, 5.41) is 13.9. The third-order valence-electron chi connectivity index (χ3n) is 2.44. The number of nitro groups is 1. The maximum Gasteiger partial charge on any atom is 0.312 e. The van der Waals surface area contributed by atoms with Crippen LogP contribution in [0.2, 0.25) is 0 Å². The van der Waals surface area contributed by atoms with Crippen molar-refractivity contribution in [3.05, 3.63) is 61.2 Å². The number of anilines is 1. The molecule has 19 heavy (non-hydrogen) atoms. The van der Waals surface area contributed by atoms with Crippen molar-refractivity contribution in [2.45, 2.75) is 6.54 Å². The fourth-order valence-corrected chi connectivity index (χ4v) is 2.27. The lowest BCUT2D eigenvalue weighted by molar-refractivity contribution is -0.384. The lowest BCUT2D eigenvalue weighted by atomic mass is 10.2. The average molecular weight is 387 g/mol. The first-order valence-electron chi connectivity index (χ1n) is 5.35. The zero-order chi connectivity index (χ0) is 13.8. The summed E-state index contributed by atoms with van der Waals surface area (Å²) in [5.74, 6) is 0.254. The first-order chi connectivity index (χ1) is 9.08. The van der Waals surface area contributed by atoms with Crippen molar-refractivity contribution in [1.82, 2.24) is 4.98 Å². The number of hydrogen-bond donors (Lipinski definition) is 1. The molecule has 5 nitrogen and oxygen atoms in total. The first-order valence-corrected chi connectivity index (χ1v) is 6.94. The summed E-state index contributed by atoms with van der Waals surface area (Å²) in [6.07, 6.45) is 1.52. The van der Waals surface area contributed by atoms with Crippen LogP contribution in [0.3, 0.4) is 0 Å². The van der Waals surface area contributed by atoms with Crippen molar-refractivity contribution < 1.29 is 4.92 Å². The van der Waals surface area contributed by atoms with Crippen molar-refractivity contribution in [2.75, 3.05) is 5.32 Å². The van der Waals surface area contributed by atoms with Gasteiger partial charge in [-0.25, -0.2) is 4.98 Å². The van der Waals surface area contributed by atoms with Crippen molar-refractivity contribution in [2.24, 2.45) is 0 Å². The molecule has 1 aromatic heterocycles. The number of benzene rings is 1. The molecule has 2 rings (SSSR count). The van der Waals surface area contributed by atoms with E-state index < -0.39 is 4.92 Å². The first kappa shape index (κ1) is 14.0. The van der Waals surface area contributed by atoms with Gasteiger partial charge in [-0.2, -0.15) is 0 Å². The zero-order valence-corrected chi connectivity index (χ0v) is 12.8. The van der Waals surface area contributed by atoms with Gasteiger partial charge in [-0.3, -0.25) is 10.1 Å². The summed E-state index contributed by atoms with van der Waals surface area (Å²) < 4.78 is 1.52. The van der Waals surface area contributed by atoms with Gasteiger partial charge in [0.05, 0.1) is 4.92 Å².